The van der Waals surface area contributed by atoms with Crippen molar-refractivity contribution in [2.75, 3.05) is 12.8 Å². The Morgan fingerprint density at radius 2 is 2.17 bits per heavy atom. The number of methoxy groups -OCH3 is 1. The van der Waals surface area contributed by atoms with E-state index in [4.69, 9.17) is 15.2 Å². The Morgan fingerprint density at radius 1 is 1.30 bits per heavy atom. The number of nitrogen functional groups attached to an aromatic ring is 1. The van der Waals surface area contributed by atoms with Gasteiger partial charge in [-0.25, -0.2) is 4.79 Å². The van der Waals surface area contributed by atoms with E-state index in [1.165, 1.54) is 18.4 Å². The summed E-state index contributed by atoms with van der Waals surface area (Å²) in [6.45, 7) is 0. The molecule has 0 spiro atoms. The molecule has 2 heterocycles. The first-order chi connectivity index (χ1) is 11.2. The standard InChI is InChI=1S/C16H13N3O3S/c1-21-15-11(13-8-18-5-6-19-13)3-2-4-12(15)16(20)22-14-7-10(17)9-23-14/h2-9H,17H2,1H3. The third kappa shape index (κ3) is 3.14. The lowest BCUT2D eigenvalue weighted by molar-refractivity contribution is 0.0737. The van der Waals surface area contributed by atoms with Gasteiger partial charge >= 0.3 is 5.97 Å². The van der Waals surface area contributed by atoms with Crippen molar-refractivity contribution in [1.29, 1.82) is 0 Å². The van der Waals surface area contributed by atoms with Crippen molar-refractivity contribution in [1.82, 2.24) is 9.97 Å². The summed E-state index contributed by atoms with van der Waals surface area (Å²) in [5.41, 5.74) is 7.77. The van der Waals surface area contributed by atoms with Crippen molar-refractivity contribution in [2.24, 2.45) is 0 Å². The van der Waals surface area contributed by atoms with E-state index in [2.05, 4.69) is 9.97 Å². The predicted octanol–water partition coefficient (Wildman–Crippen LogP) is 3.02. The highest BCUT2D eigenvalue weighted by atomic mass is 32.1. The molecule has 2 N–H and O–H groups in total. The Morgan fingerprint density at radius 3 is 2.83 bits per heavy atom. The van der Waals surface area contributed by atoms with Gasteiger partial charge in [-0.05, 0) is 12.1 Å². The van der Waals surface area contributed by atoms with Gasteiger partial charge in [0.1, 0.15) is 11.3 Å². The van der Waals surface area contributed by atoms with Crippen LogP contribution in [0.3, 0.4) is 0 Å². The van der Waals surface area contributed by atoms with Crippen molar-refractivity contribution in [3.8, 4) is 22.1 Å². The van der Waals surface area contributed by atoms with Crippen LogP contribution >= 0.6 is 11.3 Å². The zero-order valence-electron chi connectivity index (χ0n) is 12.2. The van der Waals surface area contributed by atoms with E-state index >= 15 is 0 Å². The van der Waals surface area contributed by atoms with Gasteiger partial charge in [-0.2, -0.15) is 0 Å². The maximum atomic E-state index is 12.4. The average Bonchev–Trinajstić information content (AvgIpc) is 2.99. The van der Waals surface area contributed by atoms with E-state index in [0.717, 1.165) is 0 Å². The number of hydrogen-bond acceptors (Lipinski definition) is 7. The van der Waals surface area contributed by atoms with Crippen molar-refractivity contribution in [3.05, 3.63) is 53.8 Å². The zero-order chi connectivity index (χ0) is 16.2. The van der Waals surface area contributed by atoms with Crippen molar-refractivity contribution < 1.29 is 14.3 Å². The van der Waals surface area contributed by atoms with Gasteiger partial charge in [-0.15, -0.1) is 11.3 Å². The fourth-order valence-electron chi connectivity index (χ4n) is 2.09. The highest BCUT2D eigenvalue weighted by Crippen LogP contribution is 2.33. The maximum absolute atomic E-state index is 12.4. The molecule has 7 heteroatoms. The molecule has 0 aliphatic rings. The topological polar surface area (TPSA) is 87.3 Å². The lowest BCUT2D eigenvalue weighted by atomic mass is 10.1. The Bertz CT molecular complexity index is 834. The number of nitrogens with zero attached hydrogens (tertiary/aromatic N) is 2. The summed E-state index contributed by atoms with van der Waals surface area (Å²) in [7, 11) is 1.50. The number of carbonyl (C=O) groups is 1. The van der Waals surface area contributed by atoms with Gasteiger partial charge in [0.05, 0.1) is 19.0 Å². The Balaban J connectivity index is 1.97. The van der Waals surface area contributed by atoms with Gasteiger partial charge < -0.3 is 15.2 Å². The van der Waals surface area contributed by atoms with E-state index in [-0.39, 0.29) is 0 Å². The molecule has 0 unspecified atom stereocenters. The van der Waals surface area contributed by atoms with Gasteiger partial charge in [0, 0.05) is 35.1 Å². The summed E-state index contributed by atoms with van der Waals surface area (Å²) in [4.78, 5) is 20.7. The molecule has 0 radical (unpaired) electrons. The molecule has 1 aromatic carbocycles. The number of thiophene rings is 1. The van der Waals surface area contributed by atoms with Crippen LogP contribution in [0, 0.1) is 0 Å². The summed E-state index contributed by atoms with van der Waals surface area (Å²) in [5, 5.41) is 2.13. The number of hydrogen-bond donors (Lipinski definition) is 1. The predicted molar refractivity (Wildman–Crippen MR) is 87.7 cm³/mol. The highest BCUT2D eigenvalue weighted by molar-refractivity contribution is 7.12. The molecule has 0 atom stereocenters. The molecule has 6 nitrogen and oxygen atoms in total. The maximum Gasteiger partial charge on any atom is 0.348 e. The fraction of sp³-hybridized carbons (Fsp3) is 0.0625. The molecule has 0 saturated carbocycles. The first-order valence-electron chi connectivity index (χ1n) is 6.68. The summed E-state index contributed by atoms with van der Waals surface area (Å²) in [6.07, 6.45) is 4.76. The summed E-state index contributed by atoms with van der Waals surface area (Å²) >= 11 is 1.26. The number of esters is 1. The molecule has 3 aromatic rings. The number of para-hydroxylation sites is 1. The third-order valence-corrected chi connectivity index (χ3v) is 3.89. The van der Waals surface area contributed by atoms with Crippen LogP contribution in [-0.2, 0) is 0 Å². The van der Waals surface area contributed by atoms with Gasteiger partial charge in [0.25, 0.3) is 0 Å². The number of rotatable bonds is 4. The van der Waals surface area contributed by atoms with Crippen LogP contribution in [0.4, 0.5) is 5.69 Å². The highest BCUT2D eigenvalue weighted by Gasteiger charge is 2.19. The van der Waals surface area contributed by atoms with Crippen LogP contribution in [0.1, 0.15) is 10.4 Å². The molecular formula is C16H13N3O3S. The quantitative estimate of drug-likeness (QED) is 0.741. The average molecular weight is 327 g/mol. The summed E-state index contributed by atoms with van der Waals surface area (Å²) < 4.78 is 10.7. The molecule has 2 aromatic heterocycles. The molecular weight excluding hydrogens is 314 g/mol. The zero-order valence-corrected chi connectivity index (χ0v) is 13.0. The molecule has 0 bridgehead atoms. The van der Waals surface area contributed by atoms with Crippen LogP contribution in [0.2, 0.25) is 0 Å². The molecule has 0 aliphatic heterocycles. The van der Waals surface area contributed by atoms with Crippen LogP contribution in [0.5, 0.6) is 10.8 Å². The lowest BCUT2D eigenvalue weighted by Crippen LogP contribution is -2.10. The second-order valence-electron chi connectivity index (χ2n) is 4.57. The lowest BCUT2D eigenvalue weighted by Gasteiger charge is -2.12. The second kappa shape index (κ2) is 6.45. The third-order valence-electron chi connectivity index (χ3n) is 3.07. The number of ether oxygens (including phenoxy) is 2. The minimum atomic E-state index is -0.519. The van der Waals surface area contributed by atoms with Crippen molar-refractivity contribution >= 4 is 23.0 Å². The SMILES string of the molecule is COc1c(C(=O)Oc2cc(N)cs2)cccc1-c1cnccn1. The number of anilines is 1. The van der Waals surface area contributed by atoms with E-state index in [9.17, 15) is 4.79 Å². The minimum Gasteiger partial charge on any atom is -0.495 e. The fourth-order valence-corrected chi connectivity index (χ4v) is 2.74. The largest absolute Gasteiger partial charge is 0.495 e. The smallest absolute Gasteiger partial charge is 0.348 e. The Hall–Kier alpha value is -2.93. The normalized spacial score (nSPS) is 10.3. The minimum absolute atomic E-state index is 0.308. The van der Waals surface area contributed by atoms with Gasteiger partial charge in [0.2, 0.25) is 0 Å². The van der Waals surface area contributed by atoms with Crippen LogP contribution in [-0.4, -0.2) is 23.0 Å². The van der Waals surface area contributed by atoms with E-state index in [1.807, 2.05) is 6.07 Å². The first-order valence-corrected chi connectivity index (χ1v) is 7.56. The molecule has 0 amide bonds. The summed E-state index contributed by atoms with van der Waals surface area (Å²) in [6, 6.07) is 6.79. The van der Waals surface area contributed by atoms with Crippen molar-refractivity contribution in [3.63, 3.8) is 0 Å². The van der Waals surface area contributed by atoms with E-state index < -0.39 is 5.97 Å². The molecule has 3 rings (SSSR count). The first kappa shape index (κ1) is 15.0. The van der Waals surface area contributed by atoms with Gasteiger partial charge in [0.15, 0.2) is 5.06 Å². The Labute approximate surface area is 136 Å². The number of carbonyl (C=O) groups excluding carboxylic acids is 1. The number of aromatic nitrogens is 2. The number of benzene rings is 1. The molecule has 0 saturated heterocycles. The number of nitrogens with two attached hydrogens (primary N) is 1. The van der Waals surface area contributed by atoms with E-state index in [1.54, 1.807) is 42.2 Å². The van der Waals surface area contributed by atoms with Crippen molar-refractivity contribution in [2.45, 2.75) is 0 Å². The van der Waals surface area contributed by atoms with Gasteiger partial charge in [-0.3, -0.25) is 9.97 Å². The van der Waals surface area contributed by atoms with Crippen LogP contribution in [0.25, 0.3) is 11.3 Å². The van der Waals surface area contributed by atoms with E-state index in [0.29, 0.717) is 33.3 Å². The van der Waals surface area contributed by atoms with Crippen LogP contribution < -0.4 is 15.2 Å². The molecule has 23 heavy (non-hydrogen) atoms. The second-order valence-corrected chi connectivity index (χ2v) is 5.44. The van der Waals surface area contributed by atoms with Crippen LogP contribution in [0.15, 0.2) is 48.2 Å². The monoisotopic (exact) mass is 327 g/mol. The molecule has 116 valence electrons. The molecule has 0 aliphatic carbocycles. The van der Waals surface area contributed by atoms with Gasteiger partial charge in [-0.1, -0.05) is 6.07 Å². The molecule has 0 fully saturated rings. The Kier molecular flexibility index (Phi) is 4.20. The summed E-state index contributed by atoms with van der Waals surface area (Å²) in [5.74, 6) is -0.128.